The Morgan fingerprint density at radius 3 is 2.36 bits per heavy atom. The van der Waals surface area contributed by atoms with E-state index in [2.05, 4.69) is 0 Å². The number of sulfone groups is 1. The van der Waals surface area contributed by atoms with Crippen LogP contribution in [0.4, 0.5) is 10.1 Å². The predicted octanol–water partition coefficient (Wildman–Crippen LogP) is 1.59. The van der Waals surface area contributed by atoms with Crippen LogP contribution in [-0.4, -0.2) is 13.7 Å². The van der Waals surface area contributed by atoms with Gasteiger partial charge in [-0.2, -0.15) is 0 Å². The molecular weight excluding hydrogens is 205 g/mol. The maximum Gasteiger partial charge on any atom is 0.183 e. The molecular formula is C9H12FNO2S. The van der Waals surface area contributed by atoms with Crippen LogP contribution in [0.2, 0.25) is 0 Å². The Bertz CT molecular complexity index is 440. The van der Waals surface area contributed by atoms with Crippen molar-refractivity contribution in [1.82, 2.24) is 0 Å². The topological polar surface area (TPSA) is 60.2 Å². The Hall–Kier alpha value is -1.10. The lowest BCUT2D eigenvalue weighted by atomic mass is 10.3. The smallest absolute Gasteiger partial charge is 0.183 e. The van der Waals surface area contributed by atoms with Crippen molar-refractivity contribution in [2.75, 3.05) is 5.73 Å². The van der Waals surface area contributed by atoms with Crippen molar-refractivity contribution in [3.05, 3.63) is 24.0 Å². The maximum atomic E-state index is 13.2. The fraction of sp³-hybridized carbons (Fsp3) is 0.333. The second kappa shape index (κ2) is 3.57. The molecule has 0 aliphatic rings. The van der Waals surface area contributed by atoms with E-state index >= 15 is 0 Å². The van der Waals surface area contributed by atoms with Gasteiger partial charge in [0.1, 0.15) is 10.7 Å². The molecule has 0 aliphatic carbocycles. The first kappa shape index (κ1) is 11.0. The summed E-state index contributed by atoms with van der Waals surface area (Å²) in [5.41, 5.74) is 5.53. The van der Waals surface area contributed by atoms with E-state index in [9.17, 15) is 12.8 Å². The molecule has 3 nitrogen and oxygen atoms in total. The third-order valence-electron chi connectivity index (χ3n) is 1.88. The molecule has 0 saturated carbocycles. The maximum absolute atomic E-state index is 13.2. The van der Waals surface area contributed by atoms with Gasteiger partial charge in [-0.15, -0.1) is 0 Å². The minimum atomic E-state index is -3.55. The van der Waals surface area contributed by atoms with Gasteiger partial charge < -0.3 is 5.73 Å². The van der Waals surface area contributed by atoms with Gasteiger partial charge in [-0.1, -0.05) is 0 Å². The van der Waals surface area contributed by atoms with Crippen LogP contribution < -0.4 is 5.73 Å². The van der Waals surface area contributed by atoms with E-state index in [0.29, 0.717) is 0 Å². The average Bonchev–Trinajstić information content (AvgIpc) is 2.02. The quantitative estimate of drug-likeness (QED) is 0.765. The number of hydrogen-bond donors (Lipinski definition) is 1. The van der Waals surface area contributed by atoms with E-state index < -0.39 is 20.9 Å². The molecule has 0 spiro atoms. The molecule has 0 unspecified atom stereocenters. The molecule has 0 aliphatic heterocycles. The van der Waals surface area contributed by atoms with E-state index in [1.165, 1.54) is 26.0 Å². The third-order valence-corrected chi connectivity index (χ3v) is 4.07. The second-order valence-electron chi connectivity index (χ2n) is 3.28. The molecule has 5 heteroatoms. The molecule has 0 heterocycles. The van der Waals surface area contributed by atoms with Gasteiger partial charge in [-0.3, -0.25) is 0 Å². The van der Waals surface area contributed by atoms with Crippen LogP contribution in [0.1, 0.15) is 13.8 Å². The number of rotatable bonds is 2. The molecule has 0 aromatic heterocycles. The Kier molecular flexibility index (Phi) is 2.80. The van der Waals surface area contributed by atoms with Crippen molar-refractivity contribution in [2.24, 2.45) is 0 Å². The van der Waals surface area contributed by atoms with Crippen molar-refractivity contribution in [1.29, 1.82) is 0 Å². The van der Waals surface area contributed by atoms with Gasteiger partial charge in [-0.25, -0.2) is 12.8 Å². The van der Waals surface area contributed by atoms with Crippen LogP contribution in [-0.2, 0) is 9.84 Å². The highest BCUT2D eigenvalue weighted by Crippen LogP contribution is 2.21. The van der Waals surface area contributed by atoms with E-state index in [-0.39, 0.29) is 10.6 Å². The van der Waals surface area contributed by atoms with E-state index in [0.717, 1.165) is 6.07 Å². The van der Waals surface area contributed by atoms with Crippen LogP contribution >= 0.6 is 0 Å². The van der Waals surface area contributed by atoms with Crippen LogP contribution in [0.5, 0.6) is 0 Å². The Morgan fingerprint density at radius 2 is 1.93 bits per heavy atom. The first-order valence-electron chi connectivity index (χ1n) is 4.14. The summed E-state index contributed by atoms with van der Waals surface area (Å²) in [6.45, 7) is 3.01. The highest BCUT2D eigenvalue weighted by molar-refractivity contribution is 7.92. The van der Waals surface area contributed by atoms with Crippen LogP contribution in [0, 0.1) is 5.82 Å². The molecule has 0 amide bonds. The standard InChI is InChI=1S/C9H12FNO2S/c1-6(2)14(12,13)9-4-3-7(11)5-8(9)10/h3-6H,11H2,1-2H3. The molecule has 0 bridgehead atoms. The zero-order valence-electron chi connectivity index (χ0n) is 7.99. The monoisotopic (exact) mass is 217 g/mol. The zero-order chi connectivity index (χ0) is 10.9. The number of nitrogens with two attached hydrogens (primary N) is 1. The Morgan fingerprint density at radius 1 is 1.36 bits per heavy atom. The minimum absolute atomic E-state index is 0.213. The fourth-order valence-electron chi connectivity index (χ4n) is 1.00. The lowest BCUT2D eigenvalue weighted by molar-refractivity contribution is 0.561. The van der Waals surface area contributed by atoms with Crippen molar-refractivity contribution in [3.8, 4) is 0 Å². The lowest BCUT2D eigenvalue weighted by Crippen LogP contribution is -2.15. The first-order chi connectivity index (χ1) is 6.35. The average molecular weight is 217 g/mol. The number of benzene rings is 1. The fourth-order valence-corrected chi connectivity index (χ4v) is 2.10. The summed E-state index contributed by atoms with van der Waals surface area (Å²) in [6, 6.07) is 3.58. The summed E-state index contributed by atoms with van der Waals surface area (Å²) in [7, 11) is -3.55. The van der Waals surface area contributed by atoms with E-state index in [1.807, 2.05) is 0 Å². The van der Waals surface area contributed by atoms with Gasteiger partial charge in [0, 0.05) is 5.69 Å². The number of anilines is 1. The minimum Gasteiger partial charge on any atom is -0.399 e. The van der Waals surface area contributed by atoms with Crippen LogP contribution in [0.15, 0.2) is 23.1 Å². The van der Waals surface area contributed by atoms with Crippen molar-refractivity contribution in [2.45, 2.75) is 24.0 Å². The molecule has 0 saturated heterocycles. The lowest BCUT2D eigenvalue weighted by Gasteiger charge is -2.08. The highest BCUT2D eigenvalue weighted by Gasteiger charge is 2.22. The molecule has 2 N–H and O–H groups in total. The normalized spacial score (nSPS) is 12.0. The molecule has 0 atom stereocenters. The molecule has 78 valence electrons. The third kappa shape index (κ3) is 1.87. The first-order valence-corrected chi connectivity index (χ1v) is 5.69. The summed E-state index contributed by atoms with van der Waals surface area (Å²) < 4.78 is 36.4. The number of halogens is 1. The molecule has 1 aromatic carbocycles. The van der Waals surface area contributed by atoms with Gasteiger partial charge in [0.25, 0.3) is 0 Å². The largest absolute Gasteiger partial charge is 0.399 e. The van der Waals surface area contributed by atoms with Gasteiger partial charge in [0.15, 0.2) is 9.84 Å². The summed E-state index contributed by atoms with van der Waals surface area (Å²) in [5.74, 6) is -0.793. The number of hydrogen-bond acceptors (Lipinski definition) is 3. The van der Waals surface area contributed by atoms with Crippen LogP contribution in [0.3, 0.4) is 0 Å². The van der Waals surface area contributed by atoms with Crippen molar-refractivity contribution in [3.63, 3.8) is 0 Å². The van der Waals surface area contributed by atoms with Crippen LogP contribution in [0.25, 0.3) is 0 Å². The Balaban J connectivity index is 3.35. The zero-order valence-corrected chi connectivity index (χ0v) is 8.81. The summed E-state index contributed by atoms with van der Waals surface area (Å²) in [5, 5.41) is -0.638. The molecule has 1 rings (SSSR count). The molecule has 0 radical (unpaired) electrons. The predicted molar refractivity (Wildman–Crippen MR) is 53.1 cm³/mol. The molecule has 0 fully saturated rings. The molecule has 1 aromatic rings. The summed E-state index contributed by atoms with van der Waals surface area (Å²) >= 11 is 0. The van der Waals surface area contributed by atoms with E-state index in [1.54, 1.807) is 0 Å². The summed E-state index contributed by atoms with van der Waals surface area (Å²) in [4.78, 5) is -0.290. The van der Waals surface area contributed by atoms with Crippen molar-refractivity contribution >= 4 is 15.5 Å². The van der Waals surface area contributed by atoms with Crippen molar-refractivity contribution < 1.29 is 12.8 Å². The van der Waals surface area contributed by atoms with Gasteiger partial charge in [0.2, 0.25) is 0 Å². The summed E-state index contributed by atoms with van der Waals surface area (Å²) in [6.07, 6.45) is 0. The van der Waals surface area contributed by atoms with E-state index in [4.69, 9.17) is 5.73 Å². The van der Waals surface area contributed by atoms with Gasteiger partial charge in [-0.05, 0) is 32.0 Å². The number of nitrogen functional groups attached to an aromatic ring is 1. The van der Waals surface area contributed by atoms with Gasteiger partial charge >= 0.3 is 0 Å². The Labute approximate surface area is 82.7 Å². The second-order valence-corrected chi connectivity index (χ2v) is 5.76. The highest BCUT2D eigenvalue weighted by atomic mass is 32.2. The van der Waals surface area contributed by atoms with Gasteiger partial charge in [0.05, 0.1) is 5.25 Å². The SMILES string of the molecule is CC(C)S(=O)(=O)c1ccc(N)cc1F. The molecule has 14 heavy (non-hydrogen) atoms.